The first-order valence-corrected chi connectivity index (χ1v) is 8.59. The van der Waals surface area contributed by atoms with E-state index in [0.29, 0.717) is 19.7 Å². The van der Waals surface area contributed by atoms with Crippen molar-refractivity contribution in [3.63, 3.8) is 0 Å². The third kappa shape index (κ3) is 5.33. The van der Waals surface area contributed by atoms with Gasteiger partial charge < -0.3 is 19.4 Å². The zero-order valence-corrected chi connectivity index (χ0v) is 14.5. The number of benzene rings is 1. The number of nitrogens with one attached hydrogen (secondary N) is 1. The summed E-state index contributed by atoms with van der Waals surface area (Å²) in [5, 5.41) is 2.91. The Balaban J connectivity index is 2.02. The van der Waals surface area contributed by atoms with Gasteiger partial charge in [-0.25, -0.2) is 4.79 Å². The van der Waals surface area contributed by atoms with Crippen LogP contribution in [0.2, 0.25) is 0 Å². The van der Waals surface area contributed by atoms with Crippen LogP contribution in [0.5, 0.6) is 0 Å². The molecule has 1 aromatic heterocycles. The average molecular weight is 334 g/mol. The van der Waals surface area contributed by atoms with E-state index in [1.54, 1.807) is 23.8 Å². The lowest BCUT2D eigenvalue weighted by molar-refractivity contribution is 0.149. The van der Waals surface area contributed by atoms with Gasteiger partial charge in [-0.3, -0.25) is 0 Å². The number of furan rings is 1. The molecule has 1 aromatic carbocycles. The van der Waals surface area contributed by atoms with Crippen molar-refractivity contribution in [3.05, 3.63) is 47.9 Å². The molecule has 0 fully saturated rings. The highest BCUT2D eigenvalue weighted by atomic mass is 32.2. The van der Waals surface area contributed by atoms with E-state index in [1.165, 1.54) is 0 Å². The zero-order valence-electron chi connectivity index (χ0n) is 13.7. The summed E-state index contributed by atoms with van der Waals surface area (Å²) >= 11 is 1.67. The molecule has 1 N–H and O–H groups in total. The number of carbonyl (C=O) groups excluding carboxylic acids is 1. The molecule has 2 amide bonds. The predicted molar refractivity (Wildman–Crippen MR) is 93.0 cm³/mol. The summed E-state index contributed by atoms with van der Waals surface area (Å²) < 4.78 is 10.7. The van der Waals surface area contributed by atoms with Crippen molar-refractivity contribution in [2.75, 3.05) is 31.8 Å². The van der Waals surface area contributed by atoms with Crippen LogP contribution in [-0.2, 0) is 11.3 Å². The second-order valence-electron chi connectivity index (χ2n) is 5.09. The van der Waals surface area contributed by atoms with Gasteiger partial charge in [0.15, 0.2) is 0 Å². The van der Waals surface area contributed by atoms with Crippen molar-refractivity contribution in [1.82, 2.24) is 4.90 Å². The molecule has 0 aliphatic heterocycles. The fraction of sp³-hybridized carbons (Fsp3) is 0.353. The van der Waals surface area contributed by atoms with Crippen LogP contribution in [0.25, 0.3) is 0 Å². The topological polar surface area (TPSA) is 54.7 Å². The first kappa shape index (κ1) is 17.4. The fourth-order valence-electron chi connectivity index (χ4n) is 2.09. The van der Waals surface area contributed by atoms with E-state index in [4.69, 9.17) is 9.15 Å². The van der Waals surface area contributed by atoms with Gasteiger partial charge >= 0.3 is 6.03 Å². The van der Waals surface area contributed by atoms with Gasteiger partial charge in [0.2, 0.25) is 0 Å². The summed E-state index contributed by atoms with van der Waals surface area (Å²) in [7, 11) is 1.62. The van der Waals surface area contributed by atoms with E-state index in [9.17, 15) is 4.79 Å². The Kier molecular flexibility index (Phi) is 6.55. The Morgan fingerprint density at radius 3 is 2.57 bits per heavy atom. The minimum Gasteiger partial charge on any atom is -0.464 e. The van der Waals surface area contributed by atoms with E-state index in [-0.39, 0.29) is 6.03 Å². The molecule has 23 heavy (non-hydrogen) atoms. The third-order valence-electron chi connectivity index (χ3n) is 3.34. The molecule has 124 valence electrons. The molecular weight excluding hydrogens is 312 g/mol. The van der Waals surface area contributed by atoms with Crippen LogP contribution in [0.4, 0.5) is 10.5 Å². The Bertz CT molecular complexity index is 625. The number of ether oxygens (including phenoxy) is 1. The Morgan fingerprint density at radius 2 is 2.00 bits per heavy atom. The van der Waals surface area contributed by atoms with E-state index in [1.807, 2.05) is 49.6 Å². The third-order valence-corrected chi connectivity index (χ3v) is 4.08. The van der Waals surface area contributed by atoms with Gasteiger partial charge in [0, 0.05) is 24.2 Å². The Labute approximate surface area is 141 Å². The van der Waals surface area contributed by atoms with Crippen molar-refractivity contribution in [2.24, 2.45) is 0 Å². The fourth-order valence-corrected chi connectivity index (χ4v) is 2.50. The van der Waals surface area contributed by atoms with Gasteiger partial charge in [0.05, 0.1) is 13.2 Å². The van der Waals surface area contributed by atoms with Crippen molar-refractivity contribution in [1.29, 1.82) is 0 Å². The molecule has 0 radical (unpaired) electrons. The number of aryl methyl sites for hydroxylation is 1. The summed E-state index contributed by atoms with van der Waals surface area (Å²) in [6.07, 6.45) is 2.02. The lowest BCUT2D eigenvalue weighted by atomic mass is 10.3. The number of amides is 2. The van der Waals surface area contributed by atoms with E-state index < -0.39 is 0 Å². The number of hydrogen-bond acceptors (Lipinski definition) is 4. The molecule has 0 spiro atoms. The summed E-state index contributed by atoms with van der Waals surface area (Å²) in [5.41, 5.74) is 0.769. The van der Waals surface area contributed by atoms with Crippen molar-refractivity contribution in [3.8, 4) is 0 Å². The van der Waals surface area contributed by atoms with Gasteiger partial charge in [-0.2, -0.15) is 0 Å². The van der Waals surface area contributed by atoms with Crippen LogP contribution in [0.15, 0.2) is 45.7 Å². The Hall–Kier alpha value is -1.92. The summed E-state index contributed by atoms with van der Waals surface area (Å²) in [6.45, 7) is 3.26. The number of rotatable bonds is 7. The highest BCUT2D eigenvalue weighted by molar-refractivity contribution is 7.98. The van der Waals surface area contributed by atoms with Crippen LogP contribution >= 0.6 is 11.8 Å². The first-order chi connectivity index (χ1) is 11.1. The van der Waals surface area contributed by atoms with Gasteiger partial charge in [0.1, 0.15) is 11.5 Å². The van der Waals surface area contributed by atoms with E-state index in [0.717, 1.165) is 22.1 Å². The van der Waals surface area contributed by atoms with Crippen LogP contribution < -0.4 is 5.32 Å². The van der Waals surface area contributed by atoms with Crippen molar-refractivity contribution < 1.29 is 13.9 Å². The molecule has 0 aliphatic rings. The van der Waals surface area contributed by atoms with Crippen molar-refractivity contribution in [2.45, 2.75) is 18.4 Å². The number of urea groups is 1. The van der Waals surface area contributed by atoms with E-state index >= 15 is 0 Å². The smallest absolute Gasteiger partial charge is 0.322 e. The number of nitrogens with zero attached hydrogens (tertiary/aromatic N) is 1. The van der Waals surface area contributed by atoms with E-state index in [2.05, 4.69) is 5.32 Å². The minimum atomic E-state index is -0.173. The molecule has 0 aliphatic carbocycles. The standard InChI is InChI=1S/C17H22N2O3S/c1-13-4-7-15(22-13)12-19(10-11-21-2)17(20)18-14-5-8-16(23-3)9-6-14/h4-9H,10-12H2,1-3H3,(H,18,20). The van der Waals surface area contributed by atoms with Crippen LogP contribution in [-0.4, -0.2) is 37.4 Å². The molecule has 0 saturated heterocycles. The molecule has 0 saturated carbocycles. The molecule has 0 unspecified atom stereocenters. The predicted octanol–water partition coefficient (Wildman–Crippen LogP) is 3.99. The molecule has 6 heteroatoms. The first-order valence-electron chi connectivity index (χ1n) is 7.36. The number of methoxy groups -OCH3 is 1. The second kappa shape index (κ2) is 8.64. The summed E-state index contributed by atoms with van der Waals surface area (Å²) in [5.74, 6) is 1.59. The van der Waals surface area contributed by atoms with Gasteiger partial charge in [-0.1, -0.05) is 0 Å². The van der Waals surface area contributed by atoms with Crippen LogP contribution in [0.3, 0.4) is 0 Å². The monoisotopic (exact) mass is 334 g/mol. The summed E-state index contributed by atoms with van der Waals surface area (Å²) in [4.78, 5) is 15.3. The molecular formula is C17H22N2O3S. The highest BCUT2D eigenvalue weighted by Crippen LogP contribution is 2.18. The number of thioether (sulfide) groups is 1. The van der Waals surface area contributed by atoms with Gasteiger partial charge in [-0.15, -0.1) is 11.8 Å². The van der Waals surface area contributed by atoms with Gasteiger partial charge in [0.25, 0.3) is 0 Å². The molecule has 0 atom stereocenters. The SMILES string of the molecule is COCCN(Cc1ccc(C)o1)C(=O)Nc1ccc(SC)cc1. The maximum atomic E-state index is 12.5. The highest BCUT2D eigenvalue weighted by Gasteiger charge is 2.15. The maximum absolute atomic E-state index is 12.5. The number of hydrogen-bond donors (Lipinski definition) is 1. The maximum Gasteiger partial charge on any atom is 0.322 e. The number of carbonyl (C=O) groups is 1. The van der Waals surface area contributed by atoms with Crippen molar-refractivity contribution >= 4 is 23.5 Å². The molecule has 2 aromatic rings. The average Bonchev–Trinajstić information content (AvgIpc) is 2.97. The Morgan fingerprint density at radius 1 is 1.26 bits per heavy atom. The normalized spacial score (nSPS) is 10.6. The lowest BCUT2D eigenvalue weighted by Gasteiger charge is -2.22. The zero-order chi connectivity index (χ0) is 16.7. The molecule has 0 bridgehead atoms. The molecule has 5 nitrogen and oxygen atoms in total. The lowest BCUT2D eigenvalue weighted by Crippen LogP contribution is -2.36. The quantitative estimate of drug-likeness (QED) is 0.778. The van der Waals surface area contributed by atoms with Gasteiger partial charge in [-0.05, 0) is 49.6 Å². The largest absolute Gasteiger partial charge is 0.464 e. The van der Waals surface area contributed by atoms with Crippen LogP contribution in [0, 0.1) is 6.92 Å². The van der Waals surface area contributed by atoms with Crippen LogP contribution in [0.1, 0.15) is 11.5 Å². The molecule has 2 rings (SSSR count). The number of anilines is 1. The minimum absolute atomic E-state index is 0.173. The molecule has 1 heterocycles. The summed E-state index contributed by atoms with van der Waals surface area (Å²) in [6, 6.07) is 11.4. The second-order valence-corrected chi connectivity index (χ2v) is 5.97.